The van der Waals surface area contributed by atoms with Crippen LogP contribution in [0.4, 0.5) is 0 Å². The summed E-state index contributed by atoms with van der Waals surface area (Å²) in [5, 5.41) is 0.523. The lowest BCUT2D eigenvalue weighted by atomic mass is 10.1. The van der Waals surface area contributed by atoms with E-state index in [1.807, 2.05) is 42.7 Å². The molecule has 6 heteroatoms. The molecular formula is C18H14ClNO2S2. The van der Waals surface area contributed by atoms with Crippen molar-refractivity contribution in [1.29, 1.82) is 0 Å². The van der Waals surface area contributed by atoms with Crippen molar-refractivity contribution in [2.45, 2.75) is 6.61 Å². The van der Waals surface area contributed by atoms with E-state index in [0.717, 1.165) is 27.3 Å². The van der Waals surface area contributed by atoms with Gasteiger partial charge in [0.15, 0.2) is 0 Å². The van der Waals surface area contributed by atoms with Crippen LogP contribution in [-0.4, -0.2) is 15.7 Å². The second kappa shape index (κ2) is 7.92. The van der Waals surface area contributed by atoms with Gasteiger partial charge in [-0.05, 0) is 47.9 Å². The van der Waals surface area contributed by atoms with Gasteiger partial charge in [-0.25, -0.2) is 4.99 Å². The van der Waals surface area contributed by atoms with Gasteiger partial charge >= 0.3 is 0 Å². The molecule has 0 radical (unpaired) electrons. The number of carbonyl (C=O) groups excluding carboxylic acids is 1. The van der Waals surface area contributed by atoms with Crippen molar-refractivity contribution in [3.63, 3.8) is 0 Å². The lowest BCUT2D eigenvalue weighted by Crippen LogP contribution is -1.97. The van der Waals surface area contributed by atoms with Crippen molar-refractivity contribution in [1.82, 2.24) is 0 Å². The third kappa shape index (κ3) is 4.23. The Balaban J connectivity index is 1.86. The summed E-state index contributed by atoms with van der Waals surface area (Å²) in [5.41, 5.74) is 2.23. The van der Waals surface area contributed by atoms with Gasteiger partial charge in [-0.2, -0.15) is 0 Å². The molecule has 0 amide bonds. The highest BCUT2D eigenvalue weighted by atomic mass is 35.5. The van der Waals surface area contributed by atoms with Crippen LogP contribution in [0.5, 0.6) is 5.75 Å². The highest BCUT2D eigenvalue weighted by molar-refractivity contribution is 8.45. The molecule has 0 fully saturated rings. The van der Waals surface area contributed by atoms with Crippen LogP contribution < -0.4 is 4.74 Å². The van der Waals surface area contributed by atoms with Crippen molar-refractivity contribution in [3.8, 4) is 5.75 Å². The van der Waals surface area contributed by atoms with E-state index in [-0.39, 0.29) is 5.12 Å². The van der Waals surface area contributed by atoms with E-state index in [0.29, 0.717) is 23.1 Å². The first-order valence-corrected chi connectivity index (χ1v) is 9.60. The molecule has 0 N–H and O–H groups in total. The smallest absolute Gasteiger partial charge is 0.244 e. The normalized spacial score (nSPS) is 15.7. The van der Waals surface area contributed by atoms with Crippen molar-refractivity contribution < 1.29 is 9.53 Å². The summed E-state index contributed by atoms with van der Waals surface area (Å²) in [4.78, 5) is 16.3. The lowest BCUT2D eigenvalue weighted by molar-refractivity contribution is -0.107. The van der Waals surface area contributed by atoms with Gasteiger partial charge in [0.1, 0.15) is 22.4 Å². The molecule has 1 aliphatic rings. The molecule has 1 aliphatic heterocycles. The van der Waals surface area contributed by atoms with E-state index in [1.165, 1.54) is 11.8 Å². The van der Waals surface area contributed by atoms with Crippen LogP contribution in [0.2, 0.25) is 5.02 Å². The zero-order valence-electron chi connectivity index (χ0n) is 12.9. The number of nitrogens with zero attached hydrogens (tertiary/aromatic N) is 1. The van der Waals surface area contributed by atoms with Crippen molar-refractivity contribution in [2.75, 3.05) is 6.26 Å². The lowest BCUT2D eigenvalue weighted by Gasteiger charge is -2.10. The number of carbonyl (C=O) groups is 1. The number of ether oxygens (including phenoxy) is 1. The Kier molecular flexibility index (Phi) is 5.66. The van der Waals surface area contributed by atoms with Gasteiger partial charge < -0.3 is 4.74 Å². The maximum absolute atomic E-state index is 12.0. The molecule has 0 aromatic heterocycles. The summed E-state index contributed by atoms with van der Waals surface area (Å²) >= 11 is 8.70. The van der Waals surface area contributed by atoms with Crippen molar-refractivity contribution in [3.05, 3.63) is 70.4 Å². The fraction of sp³-hybridized carbons (Fsp3) is 0.111. The molecule has 122 valence electrons. The van der Waals surface area contributed by atoms with Crippen LogP contribution in [0, 0.1) is 0 Å². The molecule has 0 spiro atoms. The Bertz CT molecular complexity index is 819. The number of rotatable bonds is 4. The SMILES string of the molecule is CSC1=N/C(=C/c2cc(Cl)ccc2OCc2ccccc2)C(=O)S1. The minimum Gasteiger partial charge on any atom is -0.488 e. The standard InChI is InChI=1S/C18H14ClNO2S2/c1-23-18-20-15(17(21)24-18)10-13-9-14(19)7-8-16(13)22-11-12-5-3-2-4-6-12/h2-10H,11H2,1H3/b15-10+. The summed E-state index contributed by atoms with van der Waals surface area (Å²) < 4.78 is 6.65. The zero-order valence-corrected chi connectivity index (χ0v) is 15.3. The average Bonchev–Trinajstić information content (AvgIpc) is 2.95. The van der Waals surface area contributed by atoms with Gasteiger partial charge in [-0.15, -0.1) is 11.8 Å². The molecule has 24 heavy (non-hydrogen) atoms. The van der Waals surface area contributed by atoms with Gasteiger partial charge in [0, 0.05) is 10.6 Å². The zero-order chi connectivity index (χ0) is 16.9. The Morgan fingerprint density at radius 3 is 2.75 bits per heavy atom. The van der Waals surface area contributed by atoms with Crippen LogP contribution in [0.1, 0.15) is 11.1 Å². The molecule has 2 aromatic carbocycles. The third-order valence-corrected chi connectivity index (χ3v) is 5.36. The van der Waals surface area contributed by atoms with Gasteiger partial charge in [0.05, 0.1) is 0 Å². The molecule has 1 heterocycles. The number of halogens is 1. The van der Waals surface area contributed by atoms with E-state index in [4.69, 9.17) is 16.3 Å². The summed E-state index contributed by atoms with van der Waals surface area (Å²) in [5.74, 6) is 0.668. The fourth-order valence-electron chi connectivity index (χ4n) is 2.12. The first-order valence-electron chi connectivity index (χ1n) is 7.18. The molecule has 0 saturated carbocycles. The molecule has 0 unspecified atom stereocenters. The Morgan fingerprint density at radius 2 is 2.04 bits per heavy atom. The molecule has 0 atom stereocenters. The van der Waals surface area contributed by atoms with E-state index in [9.17, 15) is 4.79 Å². The van der Waals surface area contributed by atoms with E-state index < -0.39 is 0 Å². The number of benzene rings is 2. The monoisotopic (exact) mass is 375 g/mol. The third-order valence-electron chi connectivity index (χ3n) is 3.28. The summed E-state index contributed by atoms with van der Waals surface area (Å²) in [6.07, 6.45) is 3.63. The van der Waals surface area contributed by atoms with E-state index >= 15 is 0 Å². The Morgan fingerprint density at radius 1 is 1.25 bits per heavy atom. The summed E-state index contributed by atoms with van der Waals surface area (Å²) in [6, 6.07) is 15.3. The van der Waals surface area contributed by atoms with E-state index in [2.05, 4.69) is 4.99 Å². The molecule has 0 aliphatic carbocycles. The largest absolute Gasteiger partial charge is 0.488 e. The quantitative estimate of drug-likeness (QED) is 0.684. The fourth-order valence-corrected chi connectivity index (χ4v) is 3.57. The first-order chi connectivity index (χ1) is 11.7. The highest BCUT2D eigenvalue weighted by Crippen LogP contribution is 2.32. The van der Waals surface area contributed by atoms with Gasteiger partial charge in [0.2, 0.25) is 5.12 Å². The summed E-state index contributed by atoms with van der Waals surface area (Å²) in [6.45, 7) is 0.445. The van der Waals surface area contributed by atoms with Crippen LogP contribution in [0.25, 0.3) is 6.08 Å². The minimum absolute atomic E-state index is 0.0617. The number of hydrogen-bond acceptors (Lipinski definition) is 5. The molecule has 0 saturated heterocycles. The topological polar surface area (TPSA) is 38.7 Å². The van der Waals surface area contributed by atoms with Gasteiger partial charge in [-0.1, -0.05) is 41.9 Å². The Labute approximate surface area is 154 Å². The molecular weight excluding hydrogens is 362 g/mol. The second-order valence-corrected chi connectivity index (χ2v) is 7.41. The maximum Gasteiger partial charge on any atom is 0.244 e. The minimum atomic E-state index is -0.0617. The van der Waals surface area contributed by atoms with Crippen LogP contribution >= 0.6 is 35.1 Å². The number of aliphatic imine (C=N–C) groups is 1. The number of thioether (sulfide) groups is 2. The predicted molar refractivity (Wildman–Crippen MR) is 104 cm³/mol. The van der Waals surface area contributed by atoms with Gasteiger partial charge in [-0.3, -0.25) is 4.79 Å². The predicted octanol–water partition coefficient (Wildman–Crippen LogP) is 5.25. The van der Waals surface area contributed by atoms with Crippen LogP contribution in [-0.2, 0) is 11.4 Å². The van der Waals surface area contributed by atoms with Crippen LogP contribution in [0.15, 0.2) is 59.2 Å². The molecule has 0 bridgehead atoms. The maximum atomic E-state index is 12.0. The number of hydrogen-bond donors (Lipinski definition) is 0. The molecule has 2 aromatic rings. The summed E-state index contributed by atoms with van der Waals surface area (Å²) in [7, 11) is 0. The second-order valence-electron chi connectivity index (χ2n) is 4.96. The average molecular weight is 376 g/mol. The van der Waals surface area contributed by atoms with Crippen molar-refractivity contribution in [2.24, 2.45) is 4.99 Å². The van der Waals surface area contributed by atoms with E-state index in [1.54, 1.807) is 18.2 Å². The van der Waals surface area contributed by atoms with Crippen LogP contribution in [0.3, 0.4) is 0 Å². The molecule has 3 nitrogen and oxygen atoms in total. The van der Waals surface area contributed by atoms with Gasteiger partial charge in [0.25, 0.3) is 0 Å². The molecule has 3 rings (SSSR count). The first kappa shape index (κ1) is 17.1. The Hall–Kier alpha value is -1.69. The van der Waals surface area contributed by atoms with Crippen molar-refractivity contribution >= 4 is 50.7 Å². The highest BCUT2D eigenvalue weighted by Gasteiger charge is 2.22.